The third kappa shape index (κ3) is 4.97. The second-order valence-electron chi connectivity index (χ2n) is 4.03. The lowest BCUT2D eigenvalue weighted by molar-refractivity contribution is 0.0783. The first-order valence-corrected chi connectivity index (χ1v) is 6.50. The van der Waals surface area contributed by atoms with Gasteiger partial charge in [-0.15, -0.1) is 0 Å². The summed E-state index contributed by atoms with van der Waals surface area (Å²) in [6.07, 6.45) is 4.17. The van der Waals surface area contributed by atoms with E-state index in [1.165, 1.54) is 4.68 Å². The molecule has 0 unspecified atom stereocenters. The van der Waals surface area contributed by atoms with Gasteiger partial charge in [0, 0.05) is 32.7 Å². The van der Waals surface area contributed by atoms with Crippen LogP contribution in [0.25, 0.3) is 5.95 Å². The highest BCUT2D eigenvalue weighted by Crippen LogP contribution is 2.08. The van der Waals surface area contributed by atoms with Crippen molar-refractivity contribution in [2.75, 3.05) is 39.3 Å². The number of aromatic nitrogens is 5. The molecule has 0 aliphatic rings. The fourth-order valence-electron chi connectivity index (χ4n) is 1.51. The van der Waals surface area contributed by atoms with Gasteiger partial charge < -0.3 is 19.9 Å². The number of hydrogen-bond donors (Lipinski definition) is 1. The molecule has 0 atom stereocenters. The molecule has 0 saturated heterocycles. The van der Waals surface area contributed by atoms with E-state index in [4.69, 9.17) is 19.9 Å². The molecule has 0 spiro atoms. The number of nitrogen functional groups attached to an aromatic ring is 1. The lowest BCUT2D eigenvalue weighted by atomic mass is 10.5. The molecule has 114 valence electrons. The summed E-state index contributed by atoms with van der Waals surface area (Å²) >= 11 is 0. The zero-order chi connectivity index (χ0) is 14.9. The molecule has 0 bridgehead atoms. The number of anilines is 1. The van der Waals surface area contributed by atoms with Crippen LogP contribution in [-0.2, 0) is 9.47 Å². The number of hydrogen-bond acceptors (Lipinski definition) is 8. The van der Waals surface area contributed by atoms with Gasteiger partial charge in [-0.2, -0.15) is 20.1 Å². The van der Waals surface area contributed by atoms with Crippen LogP contribution in [0, 0.1) is 0 Å². The van der Waals surface area contributed by atoms with Crippen molar-refractivity contribution in [2.24, 2.45) is 0 Å². The number of nitrogens with zero attached hydrogens (tertiary/aromatic N) is 5. The second-order valence-corrected chi connectivity index (χ2v) is 4.03. The van der Waals surface area contributed by atoms with Crippen LogP contribution >= 0.6 is 0 Å². The molecular formula is C12H18N6O3. The SMILES string of the molecule is COCCCOCCOc1nc(N)nc(-n2cccn2)n1. The van der Waals surface area contributed by atoms with E-state index < -0.39 is 0 Å². The van der Waals surface area contributed by atoms with Gasteiger partial charge in [0.05, 0.1) is 6.61 Å². The lowest BCUT2D eigenvalue weighted by Crippen LogP contribution is -2.13. The highest BCUT2D eigenvalue weighted by atomic mass is 16.5. The molecule has 2 aromatic rings. The Morgan fingerprint density at radius 1 is 1.14 bits per heavy atom. The van der Waals surface area contributed by atoms with Crippen LogP contribution in [0.2, 0.25) is 0 Å². The van der Waals surface area contributed by atoms with Gasteiger partial charge in [0.1, 0.15) is 6.61 Å². The predicted molar refractivity (Wildman–Crippen MR) is 74.2 cm³/mol. The molecule has 0 aliphatic heterocycles. The maximum atomic E-state index is 5.62. The monoisotopic (exact) mass is 294 g/mol. The van der Waals surface area contributed by atoms with Gasteiger partial charge in [0.25, 0.3) is 5.95 Å². The second kappa shape index (κ2) is 8.12. The van der Waals surface area contributed by atoms with Crippen molar-refractivity contribution in [1.82, 2.24) is 24.7 Å². The van der Waals surface area contributed by atoms with Gasteiger partial charge in [-0.05, 0) is 12.5 Å². The molecule has 2 aromatic heterocycles. The average Bonchev–Trinajstić information content (AvgIpc) is 3.00. The smallest absolute Gasteiger partial charge is 0.323 e. The van der Waals surface area contributed by atoms with Gasteiger partial charge in [-0.25, -0.2) is 4.68 Å². The lowest BCUT2D eigenvalue weighted by Gasteiger charge is -2.07. The van der Waals surface area contributed by atoms with E-state index >= 15 is 0 Å². The molecule has 2 heterocycles. The fourth-order valence-corrected chi connectivity index (χ4v) is 1.51. The molecular weight excluding hydrogens is 276 g/mol. The summed E-state index contributed by atoms with van der Waals surface area (Å²) in [7, 11) is 1.66. The van der Waals surface area contributed by atoms with E-state index in [0.29, 0.717) is 32.4 Å². The van der Waals surface area contributed by atoms with Crippen LogP contribution < -0.4 is 10.5 Å². The Hall–Kier alpha value is -2.26. The standard InChI is InChI=1S/C12H18N6O3/c1-19-6-3-7-20-8-9-21-12-16-10(13)15-11(17-12)18-5-2-4-14-18/h2,4-5H,3,6-9H2,1H3,(H2,13,15,16,17). The summed E-state index contributed by atoms with van der Waals surface area (Å²) in [5, 5.41) is 4.02. The van der Waals surface area contributed by atoms with Crippen molar-refractivity contribution in [3.8, 4) is 12.0 Å². The van der Waals surface area contributed by atoms with Gasteiger partial charge >= 0.3 is 6.01 Å². The van der Waals surface area contributed by atoms with Crippen molar-refractivity contribution in [3.63, 3.8) is 0 Å². The van der Waals surface area contributed by atoms with E-state index in [1.807, 2.05) is 0 Å². The van der Waals surface area contributed by atoms with Crippen molar-refractivity contribution >= 4 is 5.95 Å². The van der Waals surface area contributed by atoms with Gasteiger partial charge in [0.15, 0.2) is 0 Å². The molecule has 9 heteroatoms. The van der Waals surface area contributed by atoms with E-state index in [-0.39, 0.29) is 12.0 Å². The van der Waals surface area contributed by atoms with E-state index in [2.05, 4.69) is 20.1 Å². The Morgan fingerprint density at radius 2 is 2.05 bits per heavy atom. The molecule has 2 rings (SSSR count). The summed E-state index contributed by atoms with van der Waals surface area (Å²) in [5.41, 5.74) is 5.62. The molecule has 21 heavy (non-hydrogen) atoms. The number of nitrogens with two attached hydrogens (primary N) is 1. The zero-order valence-corrected chi connectivity index (χ0v) is 11.8. The fraction of sp³-hybridized carbons (Fsp3) is 0.500. The normalized spacial score (nSPS) is 10.7. The van der Waals surface area contributed by atoms with Gasteiger partial charge in [-0.1, -0.05) is 0 Å². The third-order valence-corrected chi connectivity index (χ3v) is 2.43. The van der Waals surface area contributed by atoms with Gasteiger partial charge in [-0.3, -0.25) is 0 Å². The minimum atomic E-state index is 0.0755. The third-order valence-electron chi connectivity index (χ3n) is 2.43. The van der Waals surface area contributed by atoms with Gasteiger partial charge in [0.2, 0.25) is 5.95 Å². The van der Waals surface area contributed by atoms with Crippen LogP contribution in [0.5, 0.6) is 6.01 Å². The van der Waals surface area contributed by atoms with Crippen molar-refractivity contribution < 1.29 is 14.2 Å². The summed E-state index contributed by atoms with van der Waals surface area (Å²) in [6.45, 7) is 2.06. The average molecular weight is 294 g/mol. The van der Waals surface area contributed by atoms with Crippen LogP contribution in [0.4, 0.5) is 5.95 Å². The molecule has 0 saturated carbocycles. The maximum absolute atomic E-state index is 5.62. The van der Waals surface area contributed by atoms with Crippen LogP contribution in [0.3, 0.4) is 0 Å². The maximum Gasteiger partial charge on any atom is 0.323 e. The zero-order valence-electron chi connectivity index (χ0n) is 11.8. The number of ether oxygens (including phenoxy) is 3. The van der Waals surface area contributed by atoms with Crippen molar-refractivity contribution in [2.45, 2.75) is 6.42 Å². The summed E-state index contributed by atoms with van der Waals surface area (Å²) in [5.74, 6) is 0.384. The minimum Gasteiger partial charge on any atom is -0.461 e. The topological polar surface area (TPSA) is 110 Å². The summed E-state index contributed by atoms with van der Waals surface area (Å²) < 4.78 is 17.2. The Morgan fingerprint density at radius 3 is 2.81 bits per heavy atom. The summed E-state index contributed by atoms with van der Waals surface area (Å²) in [6, 6.07) is 1.91. The van der Waals surface area contributed by atoms with Crippen LogP contribution in [-0.4, -0.2) is 58.3 Å². The predicted octanol–water partition coefficient (Wildman–Crippen LogP) is 0.0714. The molecule has 0 fully saturated rings. The van der Waals surface area contributed by atoms with Crippen LogP contribution in [0.1, 0.15) is 6.42 Å². The Balaban J connectivity index is 1.81. The molecule has 9 nitrogen and oxygen atoms in total. The largest absolute Gasteiger partial charge is 0.461 e. The number of methoxy groups -OCH3 is 1. The molecule has 2 N–H and O–H groups in total. The summed E-state index contributed by atoms with van der Waals surface area (Å²) in [4.78, 5) is 12.0. The Bertz CT molecular complexity index is 534. The first-order valence-electron chi connectivity index (χ1n) is 6.50. The molecule has 0 radical (unpaired) electrons. The Labute approximate surface area is 122 Å². The van der Waals surface area contributed by atoms with E-state index in [9.17, 15) is 0 Å². The minimum absolute atomic E-state index is 0.0755. The Kier molecular flexibility index (Phi) is 5.85. The number of rotatable bonds is 9. The van der Waals surface area contributed by atoms with E-state index in [1.54, 1.807) is 25.6 Å². The van der Waals surface area contributed by atoms with Crippen molar-refractivity contribution in [1.29, 1.82) is 0 Å². The highest BCUT2D eigenvalue weighted by Gasteiger charge is 2.07. The molecule has 0 aromatic carbocycles. The van der Waals surface area contributed by atoms with Crippen LogP contribution in [0.15, 0.2) is 18.5 Å². The highest BCUT2D eigenvalue weighted by molar-refractivity contribution is 5.24. The van der Waals surface area contributed by atoms with Crippen molar-refractivity contribution in [3.05, 3.63) is 18.5 Å². The quantitative estimate of drug-likeness (QED) is 0.647. The first-order chi connectivity index (χ1) is 10.3. The molecule has 0 amide bonds. The van der Waals surface area contributed by atoms with E-state index in [0.717, 1.165) is 6.42 Å². The molecule has 0 aliphatic carbocycles. The first kappa shape index (κ1) is 15.1.